The van der Waals surface area contributed by atoms with Crippen LogP contribution in [0, 0.1) is 6.92 Å². The number of hydrogen-bond acceptors (Lipinski definition) is 6. The van der Waals surface area contributed by atoms with Gasteiger partial charge in [0.05, 0.1) is 13.4 Å². The van der Waals surface area contributed by atoms with E-state index in [1.54, 1.807) is 19.2 Å². The maximum Gasteiger partial charge on any atom is 0.264 e. The van der Waals surface area contributed by atoms with Gasteiger partial charge in [-0.25, -0.2) is 13.1 Å². The minimum atomic E-state index is -3.61. The lowest BCUT2D eigenvalue weighted by Crippen LogP contribution is -2.31. The molecule has 4 rings (SSSR count). The number of rotatable bonds is 6. The molecule has 1 amide bonds. The summed E-state index contributed by atoms with van der Waals surface area (Å²) in [7, 11) is 0.241. The van der Waals surface area contributed by atoms with Gasteiger partial charge in [-0.3, -0.25) is 9.69 Å². The van der Waals surface area contributed by atoms with Crippen LogP contribution < -0.4 is 9.46 Å². The van der Waals surface area contributed by atoms with Crippen molar-refractivity contribution in [3.8, 4) is 5.75 Å². The summed E-state index contributed by atoms with van der Waals surface area (Å²) < 4.78 is 30.6. The number of H-pyrrole nitrogens is 1. The van der Waals surface area contributed by atoms with Crippen LogP contribution in [0.15, 0.2) is 42.6 Å². The number of ether oxygens (including phenoxy) is 1. The summed E-state index contributed by atoms with van der Waals surface area (Å²) in [5.74, 6) is 0.263. The van der Waals surface area contributed by atoms with Gasteiger partial charge in [0.25, 0.3) is 5.91 Å². The highest BCUT2D eigenvalue weighted by atomic mass is 32.2. The van der Waals surface area contributed by atoms with E-state index >= 15 is 0 Å². The third-order valence-electron chi connectivity index (χ3n) is 6.52. The Morgan fingerprint density at radius 3 is 2.59 bits per heavy atom. The van der Waals surface area contributed by atoms with E-state index in [2.05, 4.69) is 40.9 Å². The van der Waals surface area contributed by atoms with Gasteiger partial charge in [0.1, 0.15) is 5.75 Å². The van der Waals surface area contributed by atoms with E-state index in [1.807, 2.05) is 23.1 Å². The van der Waals surface area contributed by atoms with Crippen molar-refractivity contribution >= 4 is 26.8 Å². The van der Waals surface area contributed by atoms with Crippen molar-refractivity contribution in [2.75, 3.05) is 40.0 Å². The van der Waals surface area contributed by atoms with Gasteiger partial charge in [-0.1, -0.05) is 12.1 Å². The number of aryl methyl sites for hydroxylation is 1. The Morgan fingerprint density at radius 2 is 1.91 bits per heavy atom. The molecule has 0 unspecified atom stereocenters. The first-order valence-electron chi connectivity index (χ1n) is 11.3. The second-order valence-electron chi connectivity index (χ2n) is 9.04. The van der Waals surface area contributed by atoms with Gasteiger partial charge in [0.2, 0.25) is 10.0 Å². The SMILES string of the molecule is COc1cc(C)c2[nH]ccc2c1CN1CCN(C)CC[C@H]1c1ccc(C(=O)NS(C)(=O)=O)cc1. The maximum atomic E-state index is 12.2. The van der Waals surface area contributed by atoms with Crippen LogP contribution in [-0.4, -0.2) is 69.2 Å². The lowest BCUT2D eigenvalue weighted by Gasteiger charge is -2.31. The number of nitrogens with zero attached hydrogens (tertiary/aromatic N) is 2. The predicted octanol–water partition coefficient (Wildman–Crippen LogP) is 3.05. The Labute approximate surface area is 200 Å². The smallest absolute Gasteiger partial charge is 0.264 e. The lowest BCUT2D eigenvalue weighted by atomic mass is 9.98. The number of fused-ring (bicyclic) bond motifs is 1. The summed E-state index contributed by atoms with van der Waals surface area (Å²) in [4.78, 5) is 20.4. The number of aromatic nitrogens is 1. The predicted molar refractivity (Wildman–Crippen MR) is 134 cm³/mol. The summed E-state index contributed by atoms with van der Waals surface area (Å²) in [6.45, 7) is 5.61. The quantitative estimate of drug-likeness (QED) is 0.559. The molecule has 0 spiro atoms. The van der Waals surface area contributed by atoms with Crippen molar-refractivity contribution < 1.29 is 17.9 Å². The van der Waals surface area contributed by atoms with E-state index in [9.17, 15) is 13.2 Å². The van der Waals surface area contributed by atoms with Crippen molar-refractivity contribution in [3.63, 3.8) is 0 Å². The zero-order valence-electron chi connectivity index (χ0n) is 20.1. The molecule has 1 aromatic heterocycles. The number of carbonyl (C=O) groups is 1. The Balaban J connectivity index is 1.66. The maximum absolute atomic E-state index is 12.2. The first-order chi connectivity index (χ1) is 16.2. The van der Waals surface area contributed by atoms with Gasteiger partial charge in [-0.2, -0.15) is 0 Å². The summed E-state index contributed by atoms with van der Waals surface area (Å²) in [5.41, 5.74) is 4.85. The van der Waals surface area contributed by atoms with Gasteiger partial charge >= 0.3 is 0 Å². The molecule has 2 heterocycles. The van der Waals surface area contributed by atoms with Crippen LogP contribution in [0.3, 0.4) is 0 Å². The van der Waals surface area contributed by atoms with Crippen molar-refractivity contribution in [1.82, 2.24) is 19.5 Å². The van der Waals surface area contributed by atoms with Crippen LogP contribution in [0.5, 0.6) is 5.75 Å². The summed E-state index contributed by atoms with van der Waals surface area (Å²) in [6.07, 6.45) is 3.88. The molecular formula is C25H32N4O4S. The average molecular weight is 485 g/mol. The van der Waals surface area contributed by atoms with Gasteiger partial charge in [-0.05, 0) is 62.3 Å². The van der Waals surface area contributed by atoms with E-state index in [1.165, 1.54) is 5.39 Å². The number of carbonyl (C=O) groups excluding carboxylic acids is 1. The number of nitrogens with one attached hydrogen (secondary N) is 2. The highest BCUT2D eigenvalue weighted by Crippen LogP contribution is 2.35. The van der Waals surface area contributed by atoms with Crippen LogP contribution in [0.4, 0.5) is 0 Å². The van der Waals surface area contributed by atoms with Crippen LogP contribution in [0.1, 0.15) is 39.5 Å². The molecule has 0 aliphatic carbocycles. The topological polar surface area (TPSA) is 94.7 Å². The van der Waals surface area contributed by atoms with Gasteiger partial charge in [-0.15, -0.1) is 0 Å². The Morgan fingerprint density at radius 1 is 1.18 bits per heavy atom. The zero-order chi connectivity index (χ0) is 24.5. The molecule has 1 aliphatic heterocycles. The zero-order valence-corrected chi connectivity index (χ0v) is 20.9. The summed E-state index contributed by atoms with van der Waals surface area (Å²) in [5, 5.41) is 1.17. The first kappa shape index (κ1) is 24.3. The van der Waals surface area contributed by atoms with E-state index in [-0.39, 0.29) is 6.04 Å². The first-order valence-corrected chi connectivity index (χ1v) is 13.2. The fourth-order valence-corrected chi connectivity index (χ4v) is 5.18. The molecule has 2 N–H and O–H groups in total. The molecule has 3 aromatic rings. The second-order valence-corrected chi connectivity index (χ2v) is 10.8. The molecule has 34 heavy (non-hydrogen) atoms. The van der Waals surface area contributed by atoms with Gasteiger partial charge < -0.3 is 14.6 Å². The fraction of sp³-hybridized carbons (Fsp3) is 0.400. The molecule has 0 radical (unpaired) electrons. The molecule has 182 valence electrons. The highest BCUT2D eigenvalue weighted by Gasteiger charge is 2.27. The molecule has 8 nitrogen and oxygen atoms in total. The largest absolute Gasteiger partial charge is 0.496 e. The number of hydrogen-bond donors (Lipinski definition) is 2. The van der Waals surface area contributed by atoms with Crippen LogP contribution in [0.25, 0.3) is 10.9 Å². The molecule has 9 heteroatoms. The van der Waals surface area contributed by atoms with Crippen LogP contribution >= 0.6 is 0 Å². The molecule has 1 fully saturated rings. The van der Waals surface area contributed by atoms with E-state index in [0.717, 1.165) is 66.8 Å². The minimum absolute atomic E-state index is 0.150. The number of methoxy groups -OCH3 is 1. The summed E-state index contributed by atoms with van der Waals surface area (Å²) >= 11 is 0. The fourth-order valence-electron chi connectivity index (χ4n) is 4.73. The van der Waals surface area contributed by atoms with E-state index < -0.39 is 15.9 Å². The molecule has 1 atom stereocenters. The third kappa shape index (κ3) is 5.27. The number of sulfonamides is 1. The molecule has 2 aromatic carbocycles. The van der Waals surface area contributed by atoms with Crippen molar-refractivity contribution in [2.45, 2.75) is 25.9 Å². The molecule has 0 bridgehead atoms. The summed E-state index contributed by atoms with van der Waals surface area (Å²) in [6, 6.07) is 11.6. The Hall–Kier alpha value is -2.88. The van der Waals surface area contributed by atoms with Crippen molar-refractivity contribution in [3.05, 3.63) is 64.8 Å². The molecule has 1 aliphatic rings. The normalized spacial score (nSPS) is 18.1. The number of likely N-dealkylation sites (N-methyl/N-ethyl adjacent to an activating group) is 1. The lowest BCUT2D eigenvalue weighted by molar-refractivity contribution is 0.0981. The number of amides is 1. The Kier molecular flexibility index (Phi) is 6.97. The second kappa shape index (κ2) is 9.77. The monoisotopic (exact) mass is 484 g/mol. The van der Waals surface area contributed by atoms with Crippen molar-refractivity contribution in [2.24, 2.45) is 0 Å². The molecule has 0 saturated carbocycles. The average Bonchev–Trinajstić information content (AvgIpc) is 3.21. The van der Waals surface area contributed by atoms with Gasteiger partial charge in [0.15, 0.2) is 0 Å². The molecule has 1 saturated heterocycles. The highest BCUT2D eigenvalue weighted by molar-refractivity contribution is 7.89. The standard InChI is InChI=1S/C25H32N4O4S/c1-17-15-23(33-3)21(20-9-11-26-24(17)20)16-29-14-13-28(2)12-10-22(29)18-5-7-19(8-6-18)25(30)27-34(4,31)32/h5-9,11,15,22,26H,10,12-14,16H2,1-4H3,(H,27,30)/t22-/m0/s1. The van der Waals surface area contributed by atoms with Crippen molar-refractivity contribution in [1.29, 1.82) is 0 Å². The minimum Gasteiger partial charge on any atom is -0.496 e. The van der Waals surface area contributed by atoms with Gasteiger partial charge in [0, 0.05) is 53.9 Å². The van der Waals surface area contributed by atoms with E-state index in [0.29, 0.717) is 5.56 Å². The van der Waals surface area contributed by atoms with E-state index in [4.69, 9.17) is 4.74 Å². The van der Waals surface area contributed by atoms with Crippen LogP contribution in [0.2, 0.25) is 0 Å². The Bertz CT molecular complexity index is 1280. The number of aromatic amines is 1. The van der Waals surface area contributed by atoms with Crippen LogP contribution in [-0.2, 0) is 16.6 Å². The molecular weight excluding hydrogens is 452 g/mol. The third-order valence-corrected chi connectivity index (χ3v) is 7.08. The number of benzene rings is 2.